The van der Waals surface area contributed by atoms with E-state index in [9.17, 15) is 19.2 Å². The van der Waals surface area contributed by atoms with E-state index < -0.39 is 11.9 Å². The van der Waals surface area contributed by atoms with E-state index in [1.807, 2.05) is 0 Å². The van der Waals surface area contributed by atoms with E-state index in [0.717, 1.165) is 44.9 Å². The van der Waals surface area contributed by atoms with Crippen molar-refractivity contribution in [3.8, 4) is 0 Å². The van der Waals surface area contributed by atoms with Gasteiger partial charge in [-0.05, 0) is 26.7 Å². The first-order valence-electron chi connectivity index (χ1n) is 11.4. The molecule has 0 heterocycles. The molecule has 10 nitrogen and oxygen atoms in total. The Labute approximate surface area is 196 Å². The predicted octanol–water partition coefficient (Wildman–Crippen LogP) is 2.55. The number of carbonyl (C=O) groups is 4. The number of amides is 4. The second-order valence-electron chi connectivity index (χ2n) is 7.67. The van der Waals surface area contributed by atoms with Crippen molar-refractivity contribution in [1.29, 1.82) is 0 Å². The van der Waals surface area contributed by atoms with Gasteiger partial charge in [0.25, 0.3) is 0 Å². The lowest BCUT2D eigenvalue weighted by molar-refractivity contribution is -0.139. The van der Waals surface area contributed by atoms with Crippen LogP contribution >= 0.6 is 0 Å². The van der Waals surface area contributed by atoms with Crippen molar-refractivity contribution in [2.75, 3.05) is 39.4 Å². The molecule has 0 aliphatic carbocycles. The fourth-order valence-electron chi connectivity index (χ4n) is 2.53. The molecule has 0 saturated carbocycles. The number of esters is 2. The minimum atomic E-state index is -0.463. The van der Waals surface area contributed by atoms with Crippen molar-refractivity contribution in [3.63, 3.8) is 0 Å². The van der Waals surface area contributed by atoms with Gasteiger partial charge >= 0.3 is 24.0 Å². The maximum atomic E-state index is 11.6. The molecule has 188 valence electrons. The predicted molar refractivity (Wildman–Crippen MR) is 127 cm³/mol. The summed E-state index contributed by atoms with van der Waals surface area (Å²) in [4.78, 5) is 45.5. The third kappa shape index (κ3) is 19.4. The number of nitrogens with one attached hydrogen (secondary N) is 4. The van der Waals surface area contributed by atoms with Gasteiger partial charge in [0.1, 0.15) is 13.2 Å². The van der Waals surface area contributed by atoms with Crippen LogP contribution in [0.1, 0.15) is 58.8 Å². The van der Waals surface area contributed by atoms with Gasteiger partial charge in [-0.1, -0.05) is 45.3 Å². The summed E-state index contributed by atoms with van der Waals surface area (Å²) in [6.07, 6.45) is 7.18. The maximum absolute atomic E-state index is 11.6. The summed E-state index contributed by atoms with van der Waals surface area (Å²) in [5.41, 5.74) is 0.659. The van der Waals surface area contributed by atoms with Gasteiger partial charge < -0.3 is 30.7 Å². The summed E-state index contributed by atoms with van der Waals surface area (Å²) >= 11 is 0. The highest BCUT2D eigenvalue weighted by Crippen LogP contribution is 2.06. The number of unbranched alkanes of at least 4 members (excludes halogenated alkanes) is 6. The summed E-state index contributed by atoms with van der Waals surface area (Å²) in [6.45, 7) is 12.0. The molecular weight excluding hydrogens is 428 g/mol. The molecule has 0 saturated heterocycles. The molecule has 10 heteroatoms. The Kier molecular flexibility index (Phi) is 17.8. The largest absolute Gasteiger partial charge is 0.460 e. The topological polar surface area (TPSA) is 135 Å². The maximum Gasteiger partial charge on any atom is 0.333 e. The minimum Gasteiger partial charge on any atom is -0.460 e. The average molecular weight is 469 g/mol. The monoisotopic (exact) mass is 468 g/mol. The lowest BCUT2D eigenvalue weighted by Gasteiger charge is -2.09. The second kappa shape index (κ2) is 19.6. The van der Waals surface area contributed by atoms with Crippen molar-refractivity contribution in [3.05, 3.63) is 24.3 Å². The van der Waals surface area contributed by atoms with Crippen LogP contribution in [-0.4, -0.2) is 63.4 Å². The molecule has 0 spiro atoms. The zero-order valence-electron chi connectivity index (χ0n) is 20.1. The lowest BCUT2D eigenvalue weighted by Crippen LogP contribution is -2.38. The van der Waals surface area contributed by atoms with Crippen LogP contribution in [0.25, 0.3) is 0 Å². The van der Waals surface area contributed by atoms with Crippen LogP contribution in [0.3, 0.4) is 0 Å². The number of ether oxygens (including phenoxy) is 2. The Morgan fingerprint density at radius 3 is 1.18 bits per heavy atom. The van der Waals surface area contributed by atoms with Crippen LogP contribution in [-0.2, 0) is 19.1 Å². The quantitative estimate of drug-likeness (QED) is 0.139. The van der Waals surface area contributed by atoms with Gasteiger partial charge in [0.15, 0.2) is 0 Å². The van der Waals surface area contributed by atoms with E-state index in [2.05, 4.69) is 34.4 Å². The van der Waals surface area contributed by atoms with Crippen LogP contribution in [0.2, 0.25) is 0 Å². The van der Waals surface area contributed by atoms with E-state index in [1.54, 1.807) is 13.8 Å². The lowest BCUT2D eigenvalue weighted by atomic mass is 10.1. The molecule has 4 N–H and O–H groups in total. The number of hydrogen-bond donors (Lipinski definition) is 4. The van der Waals surface area contributed by atoms with E-state index in [0.29, 0.717) is 24.2 Å². The summed E-state index contributed by atoms with van der Waals surface area (Å²) < 4.78 is 9.76. The van der Waals surface area contributed by atoms with E-state index in [4.69, 9.17) is 9.47 Å². The van der Waals surface area contributed by atoms with Crippen LogP contribution in [0.15, 0.2) is 24.3 Å². The van der Waals surface area contributed by atoms with Crippen molar-refractivity contribution >= 4 is 24.0 Å². The Bertz CT molecular complexity index is 597. The van der Waals surface area contributed by atoms with Crippen molar-refractivity contribution < 1.29 is 28.7 Å². The Hall–Kier alpha value is -3.04. The SMILES string of the molecule is C=C(C)C(=O)OCCNC(=O)NCCCCCCCCCNC(=O)NCCOC(=O)C(=C)C. The van der Waals surface area contributed by atoms with Gasteiger partial charge in [-0.2, -0.15) is 0 Å². The first-order valence-corrected chi connectivity index (χ1v) is 11.4. The molecule has 0 unspecified atom stereocenters. The van der Waals surface area contributed by atoms with Gasteiger partial charge in [0.05, 0.1) is 13.1 Å². The number of rotatable bonds is 18. The van der Waals surface area contributed by atoms with Gasteiger partial charge in [0, 0.05) is 24.2 Å². The molecule has 0 fully saturated rings. The van der Waals surface area contributed by atoms with Crippen molar-refractivity contribution in [1.82, 2.24) is 21.3 Å². The molecule has 0 aliphatic heterocycles. The van der Waals surface area contributed by atoms with Crippen LogP contribution < -0.4 is 21.3 Å². The van der Waals surface area contributed by atoms with Crippen molar-refractivity contribution in [2.24, 2.45) is 0 Å². The van der Waals surface area contributed by atoms with Crippen molar-refractivity contribution in [2.45, 2.75) is 58.8 Å². The molecule has 0 aliphatic rings. The third-order valence-electron chi connectivity index (χ3n) is 4.36. The fraction of sp³-hybridized carbons (Fsp3) is 0.652. The van der Waals surface area contributed by atoms with Gasteiger partial charge in [-0.15, -0.1) is 0 Å². The summed E-state index contributed by atoms with van der Waals surface area (Å²) in [7, 11) is 0. The summed E-state index contributed by atoms with van der Waals surface area (Å²) in [6, 6.07) is -0.545. The number of carbonyl (C=O) groups excluding carboxylic acids is 4. The molecule has 0 aromatic rings. The molecule has 0 aromatic carbocycles. The minimum absolute atomic E-state index is 0.117. The Balaban J connectivity index is 3.37. The second-order valence-corrected chi connectivity index (χ2v) is 7.67. The number of urea groups is 2. The fourth-order valence-corrected chi connectivity index (χ4v) is 2.53. The highest BCUT2D eigenvalue weighted by Gasteiger charge is 2.05. The van der Waals surface area contributed by atoms with E-state index in [1.165, 1.54) is 0 Å². The molecule has 4 amide bonds. The number of hydrogen-bond acceptors (Lipinski definition) is 6. The molecule has 0 bridgehead atoms. The first kappa shape index (κ1) is 30.0. The highest BCUT2D eigenvalue weighted by molar-refractivity contribution is 5.87. The molecule has 0 rings (SSSR count). The van der Waals surface area contributed by atoms with E-state index >= 15 is 0 Å². The van der Waals surface area contributed by atoms with Gasteiger partial charge in [-0.25, -0.2) is 19.2 Å². The Morgan fingerprint density at radius 2 is 0.848 bits per heavy atom. The molecule has 33 heavy (non-hydrogen) atoms. The first-order chi connectivity index (χ1) is 15.7. The standard InChI is InChI=1S/C23H40N4O6/c1-18(2)20(28)32-16-14-26-22(30)24-12-10-8-6-5-7-9-11-13-25-23(31)27-15-17-33-21(29)19(3)4/h1,3,5-17H2,2,4H3,(H2,24,26,30)(H2,25,27,31). The smallest absolute Gasteiger partial charge is 0.333 e. The average Bonchev–Trinajstić information content (AvgIpc) is 2.77. The molecule has 0 aromatic heterocycles. The van der Waals surface area contributed by atoms with E-state index in [-0.39, 0.29) is 38.4 Å². The zero-order chi connectivity index (χ0) is 24.9. The van der Waals surface area contributed by atoms with Crippen LogP contribution in [0, 0.1) is 0 Å². The third-order valence-corrected chi connectivity index (χ3v) is 4.36. The summed E-state index contributed by atoms with van der Waals surface area (Å²) in [5, 5.41) is 10.8. The van der Waals surface area contributed by atoms with Gasteiger partial charge in [0.2, 0.25) is 0 Å². The molecular formula is C23H40N4O6. The Morgan fingerprint density at radius 1 is 0.545 bits per heavy atom. The summed E-state index contributed by atoms with van der Waals surface area (Å²) in [5.74, 6) is -0.926. The van der Waals surface area contributed by atoms with Gasteiger partial charge in [-0.3, -0.25) is 0 Å². The van der Waals surface area contributed by atoms with Crippen LogP contribution in [0.4, 0.5) is 9.59 Å². The van der Waals surface area contributed by atoms with Crippen LogP contribution in [0.5, 0.6) is 0 Å². The normalized spacial score (nSPS) is 10.0. The molecule has 0 radical (unpaired) electrons. The zero-order valence-corrected chi connectivity index (χ0v) is 20.1. The molecule has 0 atom stereocenters. The highest BCUT2D eigenvalue weighted by atomic mass is 16.5.